The molecule has 1 atom stereocenters. The second-order valence-corrected chi connectivity index (χ2v) is 6.52. The van der Waals surface area contributed by atoms with Gasteiger partial charge in [0, 0.05) is 5.56 Å². The summed E-state index contributed by atoms with van der Waals surface area (Å²) in [5.41, 5.74) is 4.17. The Kier molecular flexibility index (Phi) is 4.38. The van der Waals surface area contributed by atoms with E-state index >= 15 is 0 Å². The van der Waals surface area contributed by atoms with Crippen molar-refractivity contribution in [3.05, 3.63) is 64.7 Å². The van der Waals surface area contributed by atoms with E-state index in [0.29, 0.717) is 5.75 Å². The maximum Gasteiger partial charge on any atom is 0.125 e. The maximum absolute atomic E-state index is 10.6. The van der Waals surface area contributed by atoms with Crippen molar-refractivity contribution < 1.29 is 9.84 Å². The van der Waals surface area contributed by atoms with E-state index in [0.717, 1.165) is 16.7 Å². The lowest BCUT2D eigenvalue weighted by Gasteiger charge is -2.21. The highest BCUT2D eigenvalue weighted by molar-refractivity contribution is 5.43. The molecule has 21 heavy (non-hydrogen) atoms. The normalized spacial score (nSPS) is 13.0. The Morgan fingerprint density at radius 1 is 1.00 bits per heavy atom. The van der Waals surface area contributed by atoms with Crippen molar-refractivity contribution in [3.63, 3.8) is 0 Å². The first kappa shape index (κ1) is 15.6. The average molecular weight is 284 g/mol. The van der Waals surface area contributed by atoms with Gasteiger partial charge in [-0.25, -0.2) is 0 Å². The predicted molar refractivity (Wildman–Crippen MR) is 86.9 cm³/mol. The number of hydrogen-bond acceptors (Lipinski definition) is 2. The van der Waals surface area contributed by atoms with Gasteiger partial charge in [-0.15, -0.1) is 0 Å². The van der Waals surface area contributed by atoms with Crippen LogP contribution in [0.3, 0.4) is 0 Å². The molecule has 0 saturated heterocycles. The van der Waals surface area contributed by atoms with Gasteiger partial charge in [-0.2, -0.15) is 0 Å². The number of hydrogen-bond donors (Lipinski definition) is 1. The molecule has 2 aromatic rings. The van der Waals surface area contributed by atoms with E-state index in [1.165, 1.54) is 5.56 Å². The zero-order valence-corrected chi connectivity index (χ0v) is 13.5. The van der Waals surface area contributed by atoms with E-state index in [2.05, 4.69) is 32.9 Å². The third kappa shape index (κ3) is 3.45. The third-order valence-corrected chi connectivity index (χ3v) is 3.77. The van der Waals surface area contributed by atoms with Crippen molar-refractivity contribution >= 4 is 0 Å². The zero-order chi connectivity index (χ0) is 15.6. The summed E-state index contributed by atoms with van der Waals surface area (Å²) in [7, 11) is 1.63. The Hall–Kier alpha value is -1.80. The fourth-order valence-electron chi connectivity index (χ4n) is 2.41. The van der Waals surface area contributed by atoms with Gasteiger partial charge in [0.1, 0.15) is 11.9 Å². The van der Waals surface area contributed by atoms with Gasteiger partial charge in [0.15, 0.2) is 0 Å². The minimum absolute atomic E-state index is 0.116. The van der Waals surface area contributed by atoms with Crippen LogP contribution in [0.4, 0.5) is 0 Å². The Labute approximate surface area is 127 Å². The number of aliphatic hydroxyl groups excluding tert-OH is 1. The molecule has 0 amide bonds. The van der Waals surface area contributed by atoms with Gasteiger partial charge in [-0.3, -0.25) is 0 Å². The van der Waals surface area contributed by atoms with Gasteiger partial charge in [-0.05, 0) is 35.6 Å². The van der Waals surface area contributed by atoms with Crippen molar-refractivity contribution in [1.29, 1.82) is 0 Å². The van der Waals surface area contributed by atoms with E-state index in [1.54, 1.807) is 7.11 Å². The molecule has 2 aromatic carbocycles. The molecule has 0 aliphatic carbocycles. The highest BCUT2D eigenvalue weighted by Gasteiger charge is 2.18. The minimum atomic E-state index is -0.672. The number of aryl methyl sites for hydroxylation is 1. The fraction of sp³-hybridized carbons (Fsp3) is 0.368. The van der Waals surface area contributed by atoms with Gasteiger partial charge < -0.3 is 9.84 Å². The molecule has 0 aromatic heterocycles. The summed E-state index contributed by atoms with van der Waals surface area (Å²) in [5.74, 6) is 0.716. The Balaban J connectivity index is 2.36. The number of aliphatic hydroxyl groups is 1. The zero-order valence-electron chi connectivity index (χ0n) is 13.5. The van der Waals surface area contributed by atoms with Crippen LogP contribution in [0.15, 0.2) is 42.5 Å². The van der Waals surface area contributed by atoms with E-state index in [1.807, 2.05) is 37.3 Å². The topological polar surface area (TPSA) is 29.5 Å². The van der Waals surface area contributed by atoms with Crippen LogP contribution in [0.25, 0.3) is 0 Å². The lowest BCUT2D eigenvalue weighted by atomic mass is 9.86. The van der Waals surface area contributed by atoms with Crippen molar-refractivity contribution in [2.75, 3.05) is 7.11 Å². The van der Waals surface area contributed by atoms with Gasteiger partial charge >= 0.3 is 0 Å². The van der Waals surface area contributed by atoms with Crippen LogP contribution in [0.5, 0.6) is 5.75 Å². The molecule has 2 rings (SSSR count). The Morgan fingerprint density at radius 3 is 2.14 bits per heavy atom. The standard InChI is InChI=1S/C19H24O2/c1-13-6-11-17(21-5)16(12-13)18(20)14-7-9-15(10-8-14)19(2,3)4/h6-12,18,20H,1-5H3. The average Bonchev–Trinajstić information content (AvgIpc) is 2.45. The molecule has 0 radical (unpaired) electrons. The van der Waals surface area contributed by atoms with Gasteiger partial charge in [-0.1, -0.05) is 56.7 Å². The number of ether oxygens (including phenoxy) is 1. The smallest absolute Gasteiger partial charge is 0.125 e. The van der Waals surface area contributed by atoms with Gasteiger partial charge in [0.2, 0.25) is 0 Å². The van der Waals surface area contributed by atoms with Crippen LogP contribution in [0.1, 0.15) is 49.1 Å². The van der Waals surface area contributed by atoms with Crippen LogP contribution in [0.2, 0.25) is 0 Å². The lowest BCUT2D eigenvalue weighted by molar-refractivity contribution is 0.214. The molecule has 2 heteroatoms. The molecule has 0 fully saturated rings. The molecule has 1 unspecified atom stereocenters. The van der Waals surface area contributed by atoms with Crippen LogP contribution >= 0.6 is 0 Å². The molecule has 2 nitrogen and oxygen atoms in total. The van der Waals surface area contributed by atoms with Crippen LogP contribution < -0.4 is 4.74 Å². The molecule has 0 heterocycles. The third-order valence-electron chi connectivity index (χ3n) is 3.77. The molecule has 0 saturated carbocycles. The van der Waals surface area contributed by atoms with Crippen molar-refractivity contribution in [2.24, 2.45) is 0 Å². The maximum atomic E-state index is 10.6. The molecular formula is C19H24O2. The second kappa shape index (κ2) is 5.90. The quantitative estimate of drug-likeness (QED) is 0.906. The van der Waals surface area contributed by atoms with E-state index in [4.69, 9.17) is 4.74 Å². The number of methoxy groups -OCH3 is 1. The first-order valence-corrected chi connectivity index (χ1v) is 7.26. The molecule has 0 aliphatic heterocycles. The van der Waals surface area contributed by atoms with Crippen molar-refractivity contribution in [1.82, 2.24) is 0 Å². The fourth-order valence-corrected chi connectivity index (χ4v) is 2.41. The van der Waals surface area contributed by atoms with Crippen LogP contribution in [0, 0.1) is 6.92 Å². The highest BCUT2D eigenvalue weighted by atomic mass is 16.5. The minimum Gasteiger partial charge on any atom is -0.496 e. The first-order chi connectivity index (χ1) is 9.82. The van der Waals surface area contributed by atoms with Crippen molar-refractivity contribution in [3.8, 4) is 5.75 Å². The van der Waals surface area contributed by atoms with Crippen LogP contribution in [-0.2, 0) is 5.41 Å². The molecule has 1 N–H and O–H groups in total. The summed E-state index contributed by atoms with van der Waals surface area (Å²) >= 11 is 0. The van der Waals surface area contributed by atoms with E-state index < -0.39 is 6.10 Å². The SMILES string of the molecule is COc1ccc(C)cc1C(O)c1ccc(C(C)(C)C)cc1. The summed E-state index contributed by atoms with van der Waals surface area (Å²) in [6.07, 6.45) is -0.672. The summed E-state index contributed by atoms with van der Waals surface area (Å²) in [6, 6.07) is 14.0. The van der Waals surface area contributed by atoms with E-state index in [-0.39, 0.29) is 5.41 Å². The first-order valence-electron chi connectivity index (χ1n) is 7.26. The highest BCUT2D eigenvalue weighted by Crippen LogP contribution is 2.32. The van der Waals surface area contributed by atoms with Crippen molar-refractivity contribution in [2.45, 2.75) is 39.2 Å². The summed E-state index contributed by atoms with van der Waals surface area (Å²) in [6.45, 7) is 8.56. The Morgan fingerprint density at radius 2 is 1.62 bits per heavy atom. The summed E-state index contributed by atoms with van der Waals surface area (Å²) < 4.78 is 5.36. The number of benzene rings is 2. The van der Waals surface area contributed by atoms with Gasteiger partial charge in [0.25, 0.3) is 0 Å². The number of rotatable bonds is 3. The summed E-state index contributed by atoms with van der Waals surface area (Å²) in [4.78, 5) is 0. The van der Waals surface area contributed by atoms with E-state index in [9.17, 15) is 5.11 Å². The predicted octanol–water partition coefficient (Wildman–Crippen LogP) is 4.38. The molecule has 0 aliphatic rings. The molecular weight excluding hydrogens is 260 g/mol. The molecule has 0 bridgehead atoms. The Bertz CT molecular complexity index is 606. The lowest BCUT2D eigenvalue weighted by Crippen LogP contribution is -2.11. The van der Waals surface area contributed by atoms with Gasteiger partial charge in [0.05, 0.1) is 7.11 Å². The monoisotopic (exact) mass is 284 g/mol. The second-order valence-electron chi connectivity index (χ2n) is 6.52. The largest absolute Gasteiger partial charge is 0.496 e. The molecule has 0 spiro atoms. The molecule has 112 valence electrons. The summed E-state index contributed by atoms with van der Waals surface area (Å²) in [5, 5.41) is 10.6. The van der Waals surface area contributed by atoms with Crippen LogP contribution in [-0.4, -0.2) is 12.2 Å².